The zero-order chi connectivity index (χ0) is 13.5. The van der Waals surface area contributed by atoms with Gasteiger partial charge in [-0.25, -0.2) is 15.0 Å². The highest BCUT2D eigenvalue weighted by Gasteiger charge is 2.43. The van der Waals surface area contributed by atoms with Crippen LogP contribution in [0.4, 0.5) is 0 Å². The average molecular weight is 255 g/mol. The van der Waals surface area contributed by atoms with Crippen LogP contribution in [-0.4, -0.2) is 35.4 Å². The van der Waals surface area contributed by atoms with Crippen LogP contribution in [-0.2, 0) is 4.79 Å². The Balaban J connectivity index is 2.03. The molecule has 1 amide bonds. The molecule has 19 heavy (non-hydrogen) atoms. The third-order valence-corrected chi connectivity index (χ3v) is 2.76. The van der Waals surface area contributed by atoms with Crippen molar-refractivity contribution in [2.75, 3.05) is 0 Å². The van der Waals surface area contributed by atoms with E-state index < -0.39 is 17.5 Å². The van der Waals surface area contributed by atoms with Crippen molar-refractivity contribution in [1.29, 1.82) is 0 Å². The Morgan fingerprint density at radius 3 is 2.74 bits per heavy atom. The van der Waals surface area contributed by atoms with E-state index in [1.165, 1.54) is 6.34 Å². The largest absolute Gasteiger partial charge is 0.307 e. The Hall–Kier alpha value is -2.67. The summed E-state index contributed by atoms with van der Waals surface area (Å²) in [4.78, 5) is 35.7. The number of hydrogen-bond donors (Lipinski definition) is 2. The monoisotopic (exact) mass is 255 g/mol. The van der Waals surface area contributed by atoms with Gasteiger partial charge in [-0.2, -0.15) is 0 Å². The molecule has 0 aromatic heterocycles. The third-order valence-electron chi connectivity index (χ3n) is 2.76. The first-order valence-electron chi connectivity index (χ1n) is 5.52. The van der Waals surface area contributed by atoms with Crippen molar-refractivity contribution in [3.8, 4) is 0 Å². The summed E-state index contributed by atoms with van der Waals surface area (Å²) in [5.41, 5.74) is 6.31. The number of amides is 1. The van der Waals surface area contributed by atoms with Crippen molar-refractivity contribution in [3.05, 3.63) is 35.9 Å². The molecule has 0 aliphatic carbocycles. The van der Waals surface area contributed by atoms with E-state index in [0.29, 0.717) is 5.56 Å². The van der Waals surface area contributed by atoms with E-state index in [1.807, 2.05) is 0 Å². The van der Waals surface area contributed by atoms with Crippen LogP contribution in [0, 0.1) is 0 Å². The van der Waals surface area contributed by atoms with Crippen molar-refractivity contribution in [3.63, 3.8) is 0 Å². The molecule has 2 heterocycles. The van der Waals surface area contributed by atoms with Crippen molar-refractivity contribution >= 4 is 29.6 Å². The molecule has 1 atom stereocenters. The van der Waals surface area contributed by atoms with Crippen LogP contribution in [0.25, 0.3) is 0 Å². The summed E-state index contributed by atoms with van der Waals surface area (Å²) < 4.78 is 0. The molecular formula is C12H9N5O2. The number of Topliss-reactive ketones (excluding diaryl/α,β-unsaturated/α-hetero) is 1. The first-order chi connectivity index (χ1) is 9.10. The molecule has 94 valence electrons. The summed E-state index contributed by atoms with van der Waals surface area (Å²) in [6, 6.07) is 8.39. The molecule has 0 saturated carbocycles. The van der Waals surface area contributed by atoms with Crippen molar-refractivity contribution < 1.29 is 9.59 Å². The van der Waals surface area contributed by atoms with E-state index in [0.717, 1.165) is 0 Å². The molecule has 0 radical (unpaired) electrons. The third kappa shape index (κ3) is 1.76. The molecule has 0 spiro atoms. The molecule has 2 aliphatic heterocycles. The fraction of sp³-hybridized carbons (Fsp3) is 0.0833. The fourth-order valence-electron chi connectivity index (χ4n) is 1.85. The van der Waals surface area contributed by atoms with Gasteiger partial charge in [0, 0.05) is 5.56 Å². The van der Waals surface area contributed by atoms with Crippen molar-refractivity contribution in [1.82, 2.24) is 5.32 Å². The smallest absolute Gasteiger partial charge is 0.277 e. The first-order valence-corrected chi connectivity index (χ1v) is 5.52. The van der Waals surface area contributed by atoms with E-state index in [2.05, 4.69) is 20.3 Å². The van der Waals surface area contributed by atoms with Gasteiger partial charge in [0.2, 0.25) is 5.78 Å². The van der Waals surface area contributed by atoms with Gasteiger partial charge < -0.3 is 5.32 Å². The number of carbonyl (C=O) groups excluding carboxylic acids is 2. The second-order valence-electron chi connectivity index (χ2n) is 4.07. The van der Waals surface area contributed by atoms with Crippen LogP contribution >= 0.6 is 0 Å². The number of benzene rings is 1. The summed E-state index contributed by atoms with van der Waals surface area (Å²) in [7, 11) is 0. The van der Waals surface area contributed by atoms with Gasteiger partial charge in [0.15, 0.2) is 11.5 Å². The highest BCUT2D eigenvalue weighted by molar-refractivity contribution is 6.70. The number of ketones is 1. The molecule has 7 heteroatoms. The van der Waals surface area contributed by atoms with Gasteiger partial charge in [0.05, 0.1) is 0 Å². The van der Waals surface area contributed by atoms with E-state index in [1.54, 1.807) is 30.3 Å². The van der Waals surface area contributed by atoms with Gasteiger partial charge in [-0.1, -0.05) is 30.3 Å². The predicted molar refractivity (Wildman–Crippen MR) is 69.2 cm³/mol. The lowest BCUT2D eigenvalue weighted by Crippen LogP contribution is -2.65. The number of carbonyl (C=O) groups is 2. The number of hydrogen-bond acceptors (Lipinski definition) is 6. The number of fused-ring (bicyclic) bond motifs is 1. The quantitative estimate of drug-likeness (QED) is 0.694. The van der Waals surface area contributed by atoms with E-state index in [9.17, 15) is 9.59 Å². The van der Waals surface area contributed by atoms with Crippen LogP contribution in [0.15, 0.2) is 45.3 Å². The average Bonchev–Trinajstić information content (AvgIpc) is 2.87. The molecule has 3 N–H and O–H groups in total. The van der Waals surface area contributed by atoms with E-state index >= 15 is 0 Å². The van der Waals surface area contributed by atoms with Crippen LogP contribution in [0.3, 0.4) is 0 Å². The maximum Gasteiger partial charge on any atom is 0.277 e. The van der Waals surface area contributed by atoms with Crippen LogP contribution in [0.1, 0.15) is 10.4 Å². The molecule has 1 aromatic carbocycles. The minimum Gasteiger partial charge on any atom is -0.307 e. The second kappa shape index (κ2) is 3.92. The Bertz CT molecular complexity index is 662. The zero-order valence-electron chi connectivity index (χ0n) is 9.70. The summed E-state index contributed by atoms with van der Waals surface area (Å²) in [6.45, 7) is 0. The lowest BCUT2D eigenvalue weighted by molar-refractivity contribution is -0.116. The lowest BCUT2D eigenvalue weighted by atomic mass is 10.0. The highest BCUT2D eigenvalue weighted by Crippen LogP contribution is 2.15. The van der Waals surface area contributed by atoms with Crippen LogP contribution < -0.4 is 11.1 Å². The van der Waals surface area contributed by atoms with Crippen molar-refractivity contribution in [2.45, 2.75) is 5.79 Å². The van der Waals surface area contributed by atoms with Gasteiger partial charge in [0.25, 0.3) is 11.7 Å². The number of amidine groups is 1. The predicted octanol–water partition coefficient (Wildman–Crippen LogP) is -0.507. The fourth-order valence-corrected chi connectivity index (χ4v) is 1.85. The Morgan fingerprint density at radius 1 is 1.26 bits per heavy atom. The van der Waals surface area contributed by atoms with Crippen molar-refractivity contribution in [2.24, 2.45) is 20.7 Å². The topological polar surface area (TPSA) is 109 Å². The lowest BCUT2D eigenvalue weighted by Gasteiger charge is -2.28. The molecule has 2 aliphatic rings. The van der Waals surface area contributed by atoms with Gasteiger partial charge in [-0.3, -0.25) is 15.3 Å². The Morgan fingerprint density at radius 2 is 2.00 bits per heavy atom. The molecule has 0 bridgehead atoms. The number of aliphatic imine (C=N–C) groups is 3. The van der Waals surface area contributed by atoms with E-state index in [4.69, 9.17) is 5.73 Å². The van der Waals surface area contributed by atoms with Gasteiger partial charge >= 0.3 is 0 Å². The molecule has 0 fully saturated rings. The number of nitrogens with zero attached hydrogens (tertiary/aromatic N) is 3. The number of nitrogens with one attached hydrogen (secondary N) is 1. The van der Waals surface area contributed by atoms with Crippen LogP contribution in [0.5, 0.6) is 0 Å². The summed E-state index contributed by atoms with van der Waals surface area (Å²) in [5.74, 6) is -2.83. The normalized spacial score (nSPS) is 24.4. The van der Waals surface area contributed by atoms with Gasteiger partial charge in [-0.15, -0.1) is 0 Å². The minimum absolute atomic E-state index is 0.0712. The summed E-state index contributed by atoms with van der Waals surface area (Å²) in [6.07, 6.45) is 1.20. The Labute approximate surface area is 108 Å². The molecular weight excluding hydrogens is 246 g/mol. The zero-order valence-corrected chi connectivity index (χ0v) is 9.70. The molecule has 1 unspecified atom stereocenters. The standard InChI is InChI=1S/C12H9N5O2/c13-12(9(18)7-4-2-1-3-5-7)16-10-8(11(19)17-12)14-6-15-10/h1-6H,13H2,(H,17,19). The summed E-state index contributed by atoms with van der Waals surface area (Å²) >= 11 is 0. The number of rotatable bonds is 2. The van der Waals surface area contributed by atoms with Gasteiger partial charge in [-0.05, 0) is 0 Å². The number of nitrogens with two attached hydrogens (primary N) is 1. The Kier molecular flexibility index (Phi) is 2.36. The SMILES string of the molecule is NC1(C(=O)c2ccccc2)N=C2N=CN=C2C(=O)N1. The second-order valence-corrected chi connectivity index (χ2v) is 4.07. The maximum atomic E-state index is 12.3. The minimum atomic E-state index is -1.84. The van der Waals surface area contributed by atoms with Crippen LogP contribution in [0.2, 0.25) is 0 Å². The molecule has 0 saturated heterocycles. The summed E-state index contributed by atoms with van der Waals surface area (Å²) in [5, 5.41) is 2.35. The highest BCUT2D eigenvalue weighted by atomic mass is 16.2. The molecule has 3 rings (SSSR count). The maximum absolute atomic E-state index is 12.3. The van der Waals surface area contributed by atoms with E-state index in [-0.39, 0.29) is 11.5 Å². The first kappa shape index (κ1) is 11.4. The molecule has 7 nitrogen and oxygen atoms in total. The van der Waals surface area contributed by atoms with Gasteiger partial charge in [0.1, 0.15) is 6.34 Å². The molecule has 1 aromatic rings.